The summed E-state index contributed by atoms with van der Waals surface area (Å²) in [6.45, 7) is 8.18. The van der Waals surface area contributed by atoms with E-state index in [1.54, 1.807) is 31.2 Å². The lowest BCUT2D eigenvalue weighted by Crippen LogP contribution is -2.47. The summed E-state index contributed by atoms with van der Waals surface area (Å²) in [5, 5.41) is 3.64. The number of hydrogen-bond donors (Lipinski definition) is 1. The van der Waals surface area contributed by atoms with E-state index in [0.29, 0.717) is 12.1 Å². The van der Waals surface area contributed by atoms with Crippen molar-refractivity contribution < 1.29 is 13.9 Å². The minimum atomic E-state index is -0.125. The first-order valence-corrected chi connectivity index (χ1v) is 14.0. The number of aromatic nitrogens is 2. The van der Waals surface area contributed by atoms with Gasteiger partial charge in [-0.05, 0) is 67.9 Å². The summed E-state index contributed by atoms with van der Waals surface area (Å²) >= 11 is 1.61. The lowest BCUT2D eigenvalue weighted by atomic mass is 10.1. The molecule has 0 atom stereocenters. The van der Waals surface area contributed by atoms with Crippen LogP contribution < -0.4 is 19.9 Å². The molecule has 1 amide bonds. The van der Waals surface area contributed by atoms with Gasteiger partial charge in [0.15, 0.2) is 5.16 Å². The minimum absolute atomic E-state index is 0.125. The van der Waals surface area contributed by atoms with E-state index in [1.807, 2.05) is 49.4 Å². The molecule has 202 valence electrons. The first-order valence-electron chi connectivity index (χ1n) is 13.0. The molecule has 1 aliphatic rings. The van der Waals surface area contributed by atoms with Gasteiger partial charge in [-0.3, -0.25) is 4.79 Å². The smallest absolute Gasteiger partial charge is 0.251 e. The van der Waals surface area contributed by atoms with E-state index in [2.05, 4.69) is 34.2 Å². The maximum atomic E-state index is 12.4. The van der Waals surface area contributed by atoms with Crippen molar-refractivity contribution in [2.75, 3.05) is 43.1 Å². The highest BCUT2D eigenvalue weighted by Gasteiger charge is 2.21. The first kappa shape index (κ1) is 26.6. The molecule has 3 heterocycles. The van der Waals surface area contributed by atoms with Gasteiger partial charge in [0.05, 0.1) is 19.9 Å². The van der Waals surface area contributed by atoms with Crippen LogP contribution in [0.15, 0.2) is 76.5 Å². The van der Waals surface area contributed by atoms with Gasteiger partial charge in [-0.2, -0.15) is 0 Å². The standard InChI is InChI=1S/C30H33N5O3S/c1-21-22(2)32-30(33-28(21)35-16-14-34(15-17-35)25-10-12-26(37-3)13-11-25)39-20-23-6-8-24(9-7-23)29(36)31-19-27-5-4-18-38-27/h4-13,18H,14-17,19-20H2,1-3H3,(H,31,36). The third-order valence-corrected chi connectivity index (χ3v) is 7.87. The summed E-state index contributed by atoms with van der Waals surface area (Å²) in [5.74, 6) is 3.21. The highest BCUT2D eigenvalue weighted by atomic mass is 32.2. The number of aryl methyl sites for hydroxylation is 1. The molecule has 0 unspecified atom stereocenters. The van der Waals surface area contributed by atoms with E-state index in [9.17, 15) is 4.79 Å². The number of benzene rings is 2. The Kier molecular flexibility index (Phi) is 8.36. The lowest BCUT2D eigenvalue weighted by Gasteiger charge is -2.37. The number of nitrogens with zero attached hydrogens (tertiary/aromatic N) is 4. The zero-order chi connectivity index (χ0) is 27.2. The molecule has 5 rings (SSSR count). The SMILES string of the molecule is COc1ccc(N2CCN(c3nc(SCc4ccc(C(=O)NCc5ccco5)cc4)nc(C)c3C)CC2)cc1. The zero-order valence-electron chi connectivity index (χ0n) is 22.5. The number of carbonyl (C=O) groups is 1. The molecule has 2 aromatic heterocycles. The zero-order valence-corrected chi connectivity index (χ0v) is 23.3. The summed E-state index contributed by atoms with van der Waals surface area (Å²) in [4.78, 5) is 26.9. The van der Waals surface area contributed by atoms with Gasteiger partial charge >= 0.3 is 0 Å². The average molecular weight is 544 g/mol. The van der Waals surface area contributed by atoms with E-state index < -0.39 is 0 Å². The molecule has 0 saturated carbocycles. The number of furan rings is 1. The lowest BCUT2D eigenvalue weighted by molar-refractivity contribution is 0.0948. The van der Waals surface area contributed by atoms with Crippen molar-refractivity contribution in [2.45, 2.75) is 31.3 Å². The number of anilines is 2. The molecule has 0 aliphatic carbocycles. The summed E-state index contributed by atoms with van der Waals surface area (Å²) in [6.07, 6.45) is 1.60. The average Bonchev–Trinajstić information content (AvgIpc) is 3.51. The van der Waals surface area contributed by atoms with Gasteiger partial charge in [-0.1, -0.05) is 23.9 Å². The maximum Gasteiger partial charge on any atom is 0.251 e. The van der Waals surface area contributed by atoms with Crippen molar-refractivity contribution in [3.05, 3.63) is 95.1 Å². The number of piperazine rings is 1. The normalized spacial score (nSPS) is 13.4. The Morgan fingerprint density at radius 2 is 1.69 bits per heavy atom. The van der Waals surface area contributed by atoms with Crippen LogP contribution in [-0.2, 0) is 12.3 Å². The first-order chi connectivity index (χ1) is 19.0. The Morgan fingerprint density at radius 1 is 0.974 bits per heavy atom. The number of rotatable bonds is 9. The van der Waals surface area contributed by atoms with Crippen LogP contribution in [0, 0.1) is 13.8 Å². The van der Waals surface area contributed by atoms with Crippen molar-refractivity contribution in [3.63, 3.8) is 0 Å². The number of amides is 1. The fraction of sp³-hybridized carbons (Fsp3) is 0.300. The number of carbonyl (C=O) groups excluding carboxylic acids is 1. The molecular formula is C30H33N5O3S. The fourth-order valence-electron chi connectivity index (χ4n) is 4.51. The molecule has 2 aromatic carbocycles. The van der Waals surface area contributed by atoms with Gasteiger partial charge in [0, 0.05) is 54.4 Å². The van der Waals surface area contributed by atoms with Gasteiger partial charge in [0.2, 0.25) is 0 Å². The molecule has 8 nitrogen and oxygen atoms in total. The van der Waals surface area contributed by atoms with Crippen LogP contribution in [-0.4, -0.2) is 49.2 Å². The predicted molar refractivity (Wildman–Crippen MR) is 155 cm³/mol. The van der Waals surface area contributed by atoms with Crippen LogP contribution in [0.4, 0.5) is 11.5 Å². The van der Waals surface area contributed by atoms with Gasteiger partial charge in [0.25, 0.3) is 5.91 Å². The monoisotopic (exact) mass is 543 g/mol. The van der Waals surface area contributed by atoms with Crippen molar-refractivity contribution >= 4 is 29.2 Å². The second kappa shape index (κ2) is 12.3. The summed E-state index contributed by atoms with van der Waals surface area (Å²) in [6, 6.07) is 19.5. The Balaban J connectivity index is 1.17. The van der Waals surface area contributed by atoms with Crippen LogP contribution >= 0.6 is 11.8 Å². The number of ether oxygens (including phenoxy) is 1. The summed E-state index contributed by atoms with van der Waals surface area (Å²) < 4.78 is 10.6. The number of thioether (sulfide) groups is 1. The van der Waals surface area contributed by atoms with E-state index in [1.165, 1.54) is 5.69 Å². The number of nitrogens with one attached hydrogen (secondary N) is 1. The van der Waals surface area contributed by atoms with Crippen LogP contribution in [0.3, 0.4) is 0 Å². The van der Waals surface area contributed by atoms with Crippen molar-refractivity contribution in [3.8, 4) is 5.75 Å². The quantitative estimate of drug-likeness (QED) is 0.227. The van der Waals surface area contributed by atoms with Crippen LogP contribution in [0.1, 0.15) is 32.9 Å². The van der Waals surface area contributed by atoms with Crippen molar-refractivity contribution in [1.82, 2.24) is 15.3 Å². The third kappa shape index (κ3) is 6.54. The molecule has 4 aromatic rings. The second-order valence-electron chi connectivity index (χ2n) is 9.46. The minimum Gasteiger partial charge on any atom is -0.497 e. The van der Waals surface area contributed by atoms with Crippen molar-refractivity contribution in [2.24, 2.45) is 0 Å². The van der Waals surface area contributed by atoms with E-state index in [0.717, 1.165) is 71.2 Å². The molecule has 1 fully saturated rings. The largest absolute Gasteiger partial charge is 0.497 e. The number of hydrogen-bond acceptors (Lipinski definition) is 8. The van der Waals surface area contributed by atoms with Gasteiger partial charge < -0.3 is 24.3 Å². The third-order valence-electron chi connectivity index (χ3n) is 6.95. The molecule has 9 heteroatoms. The van der Waals surface area contributed by atoms with Crippen molar-refractivity contribution in [1.29, 1.82) is 0 Å². The van der Waals surface area contributed by atoms with Crippen LogP contribution in [0.25, 0.3) is 0 Å². The molecule has 1 aliphatic heterocycles. The van der Waals surface area contributed by atoms with Gasteiger partial charge in [-0.25, -0.2) is 9.97 Å². The van der Waals surface area contributed by atoms with E-state index in [4.69, 9.17) is 19.1 Å². The highest BCUT2D eigenvalue weighted by molar-refractivity contribution is 7.98. The topological polar surface area (TPSA) is 83.7 Å². The molecule has 0 spiro atoms. The summed E-state index contributed by atoms with van der Waals surface area (Å²) in [5.41, 5.74) is 5.07. The Morgan fingerprint density at radius 3 is 2.36 bits per heavy atom. The number of methoxy groups -OCH3 is 1. The van der Waals surface area contributed by atoms with Gasteiger partial charge in [-0.15, -0.1) is 0 Å². The molecule has 0 bridgehead atoms. The van der Waals surface area contributed by atoms with Crippen LogP contribution in [0.2, 0.25) is 0 Å². The Labute approximate surface area is 233 Å². The molecule has 1 N–H and O–H groups in total. The molecular weight excluding hydrogens is 510 g/mol. The van der Waals surface area contributed by atoms with E-state index in [-0.39, 0.29) is 5.91 Å². The Bertz CT molecular complexity index is 1380. The second-order valence-corrected chi connectivity index (χ2v) is 10.4. The van der Waals surface area contributed by atoms with Crippen LogP contribution in [0.5, 0.6) is 5.75 Å². The predicted octanol–water partition coefficient (Wildman–Crippen LogP) is 5.24. The fourth-order valence-corrected chi connectivity index (χ4v) is 5.35. The van der Waals surface area contributed by atoms with E-state index >= 15 is 0 Å². The Hall–Kier alpha value is -3.98. The molecule has 0 radical (unpaired) electrons. The highest BCUT2D eigenvalue weighted by Crippen LogP contribution is 2.28. The van der Waals surface area contributed by atoms with Gasteiger partial charge in [0.1, 0.15) is 17.3 Å². The molecule has 39 heavy (non-hydrogen) atoms. The molecule has 1 saturated heterocycles. The summed E-state index contributed by atoms with van der Waals surface area (Å²) in [7, 11) is 1.69. The maximum absolute atomic E-state index is 12.4.